The van der Waals surface area contributed by atoms with E-state index < -0.39 is 5.92 Å². The Morgan fingerprint density at radius 2 is 2.00 bits per heavy atom. The first-order valence-corrected chi connectivity index (χ1v) is 7.10. The maximum absolute atomic E-state index is 12.2. The van der Waals surface area contributed by atoms with Crippen LogP contribution in [0.15, 0.2) is 29.4 Å². The molecule has 1 heterocycles. The third-order valence-electron chi connectivity index (χ3n) is 3.89. The molecule has 1 saturated heterocycles. The molecule has 0 bridgehead atoms. The quantitative estimate of drug-likeness (QED) is 0.377. The van der Waals surface area contributed by atoms with E-state index in [1.165, 1.54) is 11.3 Å². The van der Waals surface area contributed by atoms with E-state index in [4.69, 9.17) is 10.9 Å². The zero-order valence-electron chi connectivity index (χ0n) is 12.5. The predicted molar refractivity (Wildman–Crippen MR) is 82.5 cm³/mol. The highest BCUT2D eigenvalue weighted by atomic mass is 16.4. The minimum absolute atomic E-state index is 0.0406. The van der Waals surface area contributed by atoms with Crippen LogP contribution in [0.25, 0.3) is 0 Å². The van der Waals surface area contributed by atoms with Crippen molar-refractivity contribution in [1.29, 1.82) is 0 Å². The third-order valence-corrected chi connectivity index (χ3v) is 3.89. The molecule has 1 aliphatic heterocycles. The standard InChI is InChI=1S/C15H22N4O2/c1-11-4-3-5-13(10-11)18-6-8-19(9-7-18)15(20)12(2)14(16)17-21/h3-5,10,12,21H,6-9H2,1-2H3,(H2,16,17). The first kappa shape index (κ1) is 15.2. The molecule has 114 valence electrons. The van der Waals surface area contributed by atoms with Gasteiger partial charge in [-0.25, -0.2) is 0 Å². The molecule has 6 nitrogen and oxygen atoms in total. The topological polar surface area (TPSA) is 82.2 Å². The average Bonchev–Trinajstić information content (AvgIpc) is 2.53. The molecule has 0 aliphatic carbocycles. The second-order valence-corrected chi connectivity index (χ2v) is 5.40. The van der Waals surface area contributed by atoms with E-state index in [1.807, 2.05) is 6.07 Å². The van der Waals surface area contributed by atoms with Gasteiger partial charge in [0, 0.05) is 31.9 Å². The van der Waals surface area contributed by atoms with E-state index in [0.717, 1.165) is 13.1 Å². The maximum Gasteiger partial charge on any atom is 0.233 e. The molecule has 0 aromatic heterocycles. The molecular formula is C15H22N4O2. The number of rotatable bonds is 3. The maximum atomic E-state index is 12.2. The predicted octanol–water partition coefficient (Wildman–Crippen LogP) is 1.03. The number of oxime groups is 1. The summed E-state index contributed by atoms with van der Waals surface area (Å²) in [5, 5.41) is 11.6. The third kappa shape index (κ3) is 3.45. The fraction of sp³-hybridized carbons (Fsp3) is 0.467. The van der Waals surface area contributed by atoms with Crippen LogP contribution in [0.1, 0.15) is 12.5 Å². The molecule has 1 amide bonds. The number of nitrogens with zero attached hydrogens (tertiary/aromatic N) is 3. The molecule has 0 radical (unpaired) electrons. The summed E-state index contributed by atoms with van der Waals surface area (Å²) in [4.78, 5) is 16.3. The normalized spacial score (nSPS) is 17.7. The van der Waals surface area contributed by atoms with Gasteiger partial charge in [0.1, 0.15) is 0 Å². The van der Waals surface area contributed by atoms with Gasteiger partial charge in [-0.15, -0.1) is 0 Å². The van der Waals surface area contributed by atoms with E-state index in [0.29, 0.717) is 13.1 Å². The molecule has 3 N–H and O–H groups in total. The molecule has 0 spiro atoms. The molecule has 6 heteroatoms. The Morgan fingerprint density at radius 1 is 1.33 bits per heavy atom. The number of nitrogens with two attached hydrogens (primary N) is 1. The number of amides is 1. The minimum atomic E-state index is -0.583. The van der Waals surface area contributed by atoms with E-state index in [2.05, 4.69) is 35.2 Å². The zero-order valence-corrected chi connectivity index (χ0v) is 12.5. The van der Waals surface area contributed by atoms with Crippen molar-refractivity contribution in [2.24, 2.45) is 16.8 Å². The number of benzene rings is 1. The van der Waals surface area contributed by atoms with Gasteiger partial charge in [-0.05, 0) is 31.5 Å². The highest BCUT2D eigenvalue weighted by molar-refractivity contribution is 6.01. The van der Waals surface area contributed by atoms with Gasteiger partial charge in [-0.2, -0.15) is 0 Å². The summed E-state index contributed by atoms with van der Waals surface area (Å²) in [5.41, 5.74) is 7.92. The van der Waals surface area contributed by atoms with E-state index in [1.54, 1.807) is 11.8 Å². The van der Waals surface area contributed by atoms with Crippen LogP contribution in [0.5, 0.6) is 0 Å². The summed E-state index contributed by atoms with van der Waals surface area (Å²) >= 11 is 0. The summed E-state index contributed by atoms with van der Waals surface area (Å²) in [7, 11) is 0. The van der Waals surface area contributed by atoms with Gasteiger partial charge < -0.3 is 20.7 Å². The van der Waals surface area contributed by atoms with Gasteiger partial charge in [0.2, 0.25) is 5.91 Å². The number of piperazine rings is 1. The number of hydrogen-bond donors (Lipinski definition) is 2. The summed E-state index contributed by atoms with van der Waals surface area (Å²) in [6.07, 6.45) is 0. The van der Waals surface area contributed by atoms with Gasteiger partial charge in [-0.1, -0.05) is 17.3 Å². The molecule has 0 saturated carbocycles. The number of carbonyl (C=O) groups excluding carboxylic acids is 1. The summed E-state index contributed by atoms with van der Waals surface area (Å²) in [6, 6.07) is 8.35. The Hall–Kier alpha value is -2.24. The van der Waals surface area contributed by atoms with Crippen LogP contribution in [0, 0.1) is 12.8 Å². The molecule has 1 fully saturated rings. The summed E-state index contributed by atoms with van der Waals surface area (Å²) in [5.74, 6) is -0.712. The van der Waals surface area contributed by atoms with Crippen molar-refractivity contribution in [3.8, 4) is 0 Å². The van der Waals surface area contributed by atoms with Crippen molar-refractivity contribution in [3.63, 3.8) is 0 Å². The first-order chi connectivity index (χ1) is 10.0. The fourth-order valence-corrected chi connectivity index (χ4v) is 2.50. The van der Waals surface area contributed by atoms with Crippen molar-refractivity contribution in [3.05, 3.63) is 29.8 Å². The molecular weight excluding hydrogens is 268 g/mol. The van der Waals surface area contributed by atoms with Crippen LogP contribution in [0.3, 0.4) is 0 Å². The van der Waals surface area contributed by atoms with E-state index in [-0.39, 0.29) is 11.7 Å². The lowest BCUT2D eigenvalue weighted by molar-refractivity contribution is -0.133. The fourth-order valence-electron chi connectivity index (χ4n) is 2.50. The largest absolute Gasteiger partial charge is 0.409 e. The number of anilines is 1. The van der Waals surface area contributed by atoms with Crippen molar-refractivity contribution in [1.82, 2.24) is 4.90 Å². The Balaban J connectivity index is 1.96. The second-order valence-electron chi connectivity index (χ2n) is 5.40. The van der Waals surface area contributed by atoms with Crippen LogP contribution < -0.4 is 10.6 Å². The molecule has 1 aromatic rings. The van der Waals surface area contributed by atoms with Gasteiger partial charge in [-0.3, -0.25) is 4.79 Å². The summed E-state index contributed by atoms with van der Waals surface area (Å²) < 4.78 is 0. The Labute approximate surface area is 124 Å². The van der Waals surface area contributed by atoms with Gasteiger partial charge in [0.05, 0.1) is 5.92 Å². The smallest absolute Gasteiger partial charge is 0.233 e. The number of amidine groups is 1. The highest BCUT2D eigenvalue weighted by Crippen LogP contribution is 2.18. The molecule has 1 atom stereocenters. The SMILES string of the molecule is Cc1cccc(N2CCN(C(=O)C(C)C(N)=NO)CC2)c1. The lowest BCUT2D eigenvalue weighted by Crippen LogP contribution is -2.51. The van der Waals surface area contributed by atoms with Crippen molar-refractivity contribution in [2.75, 3.05) is 31.1 Å². The summed E-state index contributed by atoms with van der Waals surface area (Å²) in [6.45, 7) is 6.61. The van der Waals surface area contributed by atoms with Crippen LogP contribution in [0.2, 0.25) is 0 Å². The number of hydrogen-bond acceptors (Lipinski definition) is 4. The van der Waals surface area contributed by atoms with Crippen LogP contribution in [-0.2, 0) is 4.79 Å². The zero-order chi connectivity index (χ0) is 15.4. The van der Waals surface area contributed by atoms with Gasteiger partial charge >= 0.3 is 0 Å². The van der Waals surface area contributed by atoms with Gasteiger partial charge in [0.15, 0.2) is 5.84 Å². The molecule has 1 aromatic carbocycles. The minimum Gasteiger partial charge on any atom is -0.409 e. The monoisotopic (exact) mass is 290 g/mol. The highest BCUT2D eigenvalue weighted by Gasteiger charge is 2.27. The molecule has 1 aliphatic rings. The van der Waals surface area contributed by atoms with Crippen LogP contribution in [0.4, 0.5) is 5.69 Å². The van der Waals surface area contributed by atoms with Crippen LogP contribution >= 0.6 is 0 Å². The van der Waals surface area contributed by atoms with Gasteiger partial charge in [0.25, 0.3) is 0 Å². The molecule has 1 unspecified atom stereocenters. The lowest BCUT2D eigenvalue weighted by atomic mass is 10.1. The van der Waals surface area contributed by atoms with E-state index >= 15 is 0 Å². The van der Waals surface area contributed by atoms with Crippen LogP contribution in [-0.4, -0.2) is 48.0 Å². The Morgan fingerprint density at radius 3 is 2.57 bits per heavy atom. The number of carbonyl (C=O) groups is 1. The first-order valence-electron chi connectivity index (χ1n) is 7.10. The van der Waals surface area contributed by atoms with Crippen molar-refractivity contribution < 1.29 is 10.0 Å². The number of aryl methyl sites for hydroxylation is 1. The van der Waals surface area contributed by atoms with Crippen molar-refractivity contribution in [2.45, 2.75) is 13.8 Å². The van der Waals surface area contributed by atoms with Crippen molar-refractivity contribution >= 4 is 17.4 Å². The van der Waals surface area contributed by atoms with E-state index in [9.17, 15) is 4.79 Å². The molecule has 21 heavy (non-hydrogen) atoms. The lowest BCUT2D eigenvalue weighted by Gasteiger charge is -2.37. The Kier molecular flexibility index (Phi) is 4.67. The average molecular weight is 290 g/mol. The Bertz CT molecular complexity index is 536. The second kappa shape index (κ2) is 6.47. The molecule has 2 rings (SSSR count).